The first-order chi connectivity index (χ1) is 9.81. The van der Waals surface area contributed by atoms with Gasteiger partial charge < -0.3 is 4.74 Å². The van der Waals surface area contributed by atoms with Gasteiger partial charge in [0.2, 0.25) is 0 Å². The summed E-state index contributed by atoms with van der Waals surface area (Å²) in [5.74, 6) is 0. The summed E-state index contributed by atoms with van der Waals surface area (Å²) in [5.41, 5.74) is 1.26. The SMILES string of the molecule is C[Si](C)(C)CCOCn1nc(Br)c2cc(Cl)cc(C=O)c21. The van der Waals surface area contributed by atoms with E-state index in [9.17, 15) is 4.79 Å². The Balaban J connectivity index is 2.22. The number of hydrogen-bond acceptors (Lipinski definition) is 3. The third kappa shape index (κ3) is 4.16. The molecule has 0 saturated heterocycles. The number of carbonyl (C=O) groups is 1. The Morgan fingerprint density at radius 2 is 2.14 bits per heavy atom. The summed E-state index contributed by atoms with van der Waals surface area (Å²) in [6.45, 7) is 7.96. The van der Waals surface area contributed by atoms with Gasteiger partial charge in [-0.05, 0) is 34.1 Å². The molecule has 114 valence electrons. The number of aromatic nitrogens is 2. The van der Waals surface area contributed by atoms with Crippen LogP contribution in [0.25, 0.3) is 10.9 Å². The highest BCUT2D eigenvalue weighted by atomic mass is 79.9. The predicted molar refractivity (Wildman–Crippen MR) is 91.9 cm³/mol. The van der Waals surface area contributed by atoms with Crippen LogP contribution < -0.4 is 0 Å². The Bertz CT molecular complexity index is 667. The molecule has 0 aliphatic heterocycles. The van der Waals surface area contributed by atoms with E-state index in [1.807, 2.05) is 0 Å². The molecule has 0 amide bonds. The summed E-state index contributed by atoms with van der Waals surface area (Å²) in [5, 5.41) is 5.71. The molecule has 1 aromatic carbocycles. The highest BCUT2D eigenvalue weighted by Crippen LogP contribution is 2.29. The van der Waals surface area contributed by atoms with Gasteiger partial charge in [-0.3, -0.25) is 4.79 Å². The summed E-state index contributed by atoms with van der Waals surface area (Å²) >= 11 is 9.42. The van der Waals surface area contributed by atoms with Crippen molar-refractivity contribution < 1.29 is 9.53 Å². The number of carbonyl (C=O) groups excluding carboxylic acids is 1. The Morgan fingerprint density at radius 1 is 1.43 bits per heavy atom. The second-order valence-electron chi connectivity index (χ2n) is 6.15. The van der Waals surface area contributed by atoms with Gasteiger partial charge in [-0.15, -0.1) is 0 Å². The summed E-state index contributed by atoms with van der Waals surface area (Å²) in [6.07, 6.45) is 0.793. The van der Waals surface area contributed by atoms with E-state index in [0.717, 1.165) is 23.2 Å². The maximum absolute atomic E-state index is 11.2. The van der Waals surface area contributed by atoms with Crippen molar-refractivity contribution in [2.75, 3.05) is 6.61 Å². The van der Waals surface area contributed by atoms with E-state index in [2.05, 4.69) is 40.7 Å². The number of rotatable bonds is 6. The second-order valence-corrected chi connectivity index (χ2v) is 13.0. The summed E-state index contributed by atoms with van der Waals surface area (Å²) in [4.78, 5) is 11.2. The number of hydrogen-bond donors (Lipinski definition) is 0. The Morgan fingerprint density at radius 3 is 2.76 bits per heavy atom. The molecule has 2 aromatic rings. The highest BCUT2D eigenvalue weighted by Gasteiger charge is 2.15. The highest BCUT2D eigenvalue weighted by molar-refractivity contribution is 9.10. The Hall–Kier alpha value is -0.693. The van der Waals surface area contributed by atoms with Gasteiger partial charge in [-0.1, -0.05) is 31.2 Å². The van der Waals surface area contributed by atoms with Crippen LogP contribution >= 0.6 is 27.5 Å². The van der Waals surface area contributed by atoms with Crippen LogP contribution in [0.3, 0.4) is 0 Å². The average molecular weight is 390 g/mol. The molecule has 0 N–H and O–H groups in total. The quantitative estimate of drug-likeness (QED) is 0.413. The fourth-order valence-corrected chi connectivity index (χ4v) is 3.47. The topological polar surface area (TPSA) is 44.1 Å². The van der Waals surface area contributed by atoms with Gasteiger partial charge in [0, 0.05) is 30.7 Å². The van der Waals surface area contributed by atoms with Crippen LogP contribution in [-0.4, -0.2) is 30.7 Å². The largest absolute Gasteiger partial charge is 0.360 e. The van der Waals surface area contributed by atoms with Crippen molar-refractivity contribution in [2.24, 2.45) is 0 Å². The molecule has 0 radical (unpaired) electrons. The van der Waals surface area contributed by atoms with E-state index in [0.29, 0.717) is 28.5 Å². The Labute approximate surface area is 138 Å². The minimum Gasteiger partial charge on any atom is -0.360 e. The summed E-state index contributed by atoms with van der Waals surface area (Å²) in [7, 11) is -1.11. The molecule has 0 atom stereocenters. The van der Waals surface area contributed by atoms with Gasteiger partial charge in [0.1, 0.15) is 11.3 Å². The van der Waals surface area contributed by atoms with Crippen molar-refractivity contribution >= 4 is 52.8 Å². The van der Waals surface area contributed by atoms with Crippen molar-refractivity contribution in [3.8, 4) is 0 Å². The lowest BCUT2D eigenvalue weighted by atomic mass is 10.1. The van der Waals surface area contributed by atoms with Gasteiger partial charge in [-0.25, -0.2) is 4.68 Å². The fourth-order valence-electron chi connectivity index (χ4n) is 1.99. The maximum atomic E-state index is 11.2. The van der Waals surface area contributed by atoms with Crippen molar-refractivity contribution in [3.63, 3.8) is 0 Å². The van der Waals surface area contributed by atoms with Crippen LogP contribution in [0.1, 0.15) is 10.4 Å². The smallest absolute Gasteiger partial charge is 0.152 e. The first-order valence-corrected chi connectivity index (χ1v) is 11.6. The first-order valence-electron chi connectivity index (χ1n) is 6.70. The Kier molecular flexibility index (Phi) is 5.24. The monoisotopic (exact) mass is 388 g/mol. The lowest BCUT2D eigenvalue weighted by molar-refractivity contribution is 0.0813. The lowest BCUT2D eigenvalue weighted by Crippen LogP contribution is -2.22. The van der Waals surface area contributed by atoms with E-state index >= 15 is 0 Å². The normalized spacial score (nSPS) is 12.0. The van der Waals surface area contributed by atoms with Crippen LogP contribution in [-0.2, 0) is 11.5 Å². The summed E-state index contributed by atoms with van der Waals surface area (Å²) < 4.78 is 8.07. The zero-order valence-corrected chi connectivity index (χ0v) is 15.7. The number of fused-ring (bicyclic) bond motifs is 1. The average Bonchev–Trinajstić information content (AvgIpc) is 2.70. The number of nitrogens with zero attached hydrogens (tertiary/aromatic N) is 2. The third-order valence-electron chi connectivity index (χ3n) is 3.13. The molecule has 21 heavy (non-hydrogen) atoms. The van der Waals surface area contributed by atoms with E-state index in [1.165, 1.54) is 0 Å². The minimum atomic E-state index is -1.11. The van der Waals surface area contributed by atoms with Crippen LogP contribution in [0, 0.1) is 0 Å². The molecule has 0 spiro atoms. The van der Waals surface area contributed by atoms with Crippen molar-refractivity contribution in [1.29, 1.82) is 0 Å². The van der Waals surface area contributed by atoms with E-state index < -0.39 is 8.07 Å². The minimum absolute atomic E-state index is 0.328. The predicted octanol–water partition coefficient (Wildman–Crippen LogP) is 4.58. The van der Waals surface area contributed by atoms with E-state index in [4.69, 9.17) is 16.3 Å². The molecule has 0 saturated carbocycles. The maximum Gasteiger partial charge on any atom is 0.152 e. The van der Waals surface area contributed by atoms with Gasteiger partial charge in [-0.2, -0.15) is 5.10 Å². The van der Waals surface area contributed by atoms with Crippen molar-refractivity contribution in [1.82, 2.24) is 9.78 Å². The first kappa shape index (κ1) is 16.7. The van der Waals surface area contributed by atoms with E-state index in [-0.39, 0.29) is 0 Å². The van der Waals surface area contributed by atoms with E-state index in [1.54, 1.807) is 16.8 Å². The van der Waals surface area contributed by atoms with Crippen LogP contribution in [0.5, 0.6) is 0 Å². The standard InChI is InChI=1S/C14H18BrClN2O2Si/c1-21(2,3)5-4-20-9-18-13-10(8-19)6-11(16)7-12(13)14(15)17-18/h6-8H,4-5,9H2,1-3H3. The fraction of sp³-hybridized carbons (Fsp3) is 0.429. The molecule has 4 nitrogen and oxygen atoms in total. The van der Waals surface area contributed by atoms with Crippen LogP contribution in [0.15, 0.2) is 16.7 Å². The van der Waals surface area contributed by atoms with Crippen LogP contribution in [0.2, 0.25) is 30.7 Å². The molecular weight excluding hydrogens is 372 g/mol. The van der Waals surface area contributed by atoms with Gasteiger partial charge in [0.15, 0.2) is 6.29 Å². The zero-order valence-electron chi connectivity index (χ0n) is 12.3. The molecule has 0 unspecified atom stereocenters. The number of ether oxygens (including phenoxy) is 1. The lowest BCUT2D eigenvalue weighted by Gasteiger charge is -2.15. The van der Waals surface area contributed by atoms with Crippen molar-refractivity contribution in [3.05, 3.63) is 27.3 Å². The van der Waals surface area contributed by atoms with Crippen molar-refractivity contribution in [2.45, 2.75) is 32.4 Å². The molecular formula is C14H18BrClN2O2Si. The number of aldehydes is 1. The number of halogens is 2. The third-order valence-corrected chi connectivity index (χ3v) is 5.64. The summed E-state index contributed by atoms with van der Waals surface area (Å²) in [6, 6.07) is 4.53. The molecule has 1 aromatic heterocycles. The zero-order chi connectivity index (χ0) is 15.6. The molecule has 0 fully saturated rings. The molecule has 0 bridgehead atoms. The molecule has 1 heterocycles. The molecule has 7 heteroatoms. The van der Waals surface area contributed by atoms with Gasteiger partial charge in [0.05, 0.1) is 5.52 Å². The van der Waals surface area contributed by atoms with Gasteiger partial charge in [0.25, 0.3) is 0 Å². The molecule has 2 rings (SSSR count). The number of benzene rings is 1. The molecule has 0 aliphatic rings. The second kappa shape index (κ2) is 6.60. The van der Waals surface area contributed by atoms with Crippen LogP contribution in [0.4, 0.5) is 0 Å². The molecule has 0 aliphatic carbocycles. The van der Waals surface area contributed by atoms with Gasteiger partial charge >= 0.3 is 0 Å².